The molecule has 8 unspecified atom stereocenters. The normalized spacial score (nSPS) is 29.7. The van der Waals surface area contributed by atoms with Crippen LogP contribution in [0.2, 0.25) is 0 Å². The van der Waals surface area contributed by atoms with Crippen LogP contribution in [-0.2, 0) is 10.8 Å². The minimum absolute atomic E-state index is 0.0170. The monoisotopic (exact) mass is 1070 g/mol. The minimum atomic E-state index is -0.0170. The maximum Gasteiger partial charge on any atom is 0.0621 e. The van der Waals surface area contributed by atoms with E-state index in [2.05, 4.69) is 161 Å². The van der Waals surface area contributed by atoms with E-state index in [1.54, 1.807) is 44.2 Å². The van der Waals surface area contributed by atoms with Gasteiger partial charge in [0.1, 0.15) is 0 Å². The lowest BCUT2D eigenvalue weighted by Gasteiger charge is -2.61. The second-order valence-electron chi connectivity index (χ2n) is 31.3. The van der Waals surface area contributed by atoms with Crippen molar-refractivity contribution in [2.24, 2.45) is 47.3 Å². The first-order valence-corrected chi connectivity index (χ1v) is 33.5. The van der Waals surface area contributed by atoms with E-state index in [0.29, 0.717) is 23.7 Å². The van der Waals surface area contributed by atoms with Crippen LogP contribution in [0.5, 0.6) is 0 Å². The first-order valence-electron chi connectivity index (χ1n) is 33.5. The van der Waals surface area contributed by atoms with Crippen molar-refractivity contribution in [2.45, 2.75) is 193 Å². The molecule has 7 aromatic carbocycles. The van der Waals surface area contributed by atoms with Gasteiger partial charge in [0.15, 0.2) is 0 Å². The van der Waals surface area contributed by atoms with E-state index in [1.807, 2.05) is 0 Å². The Morgan fingerprint density at radius 1 is 0.329 bits per heavy atom. The Hall–Kier alpha value is -5.86. The number of aryl methyl sites for hydroxylation is 2. The molecule has 0 radical (unpaired) electrons. The molecule has 0 spiro atoms. The molecule has 82 heavy (non-hydrogen) atoms. The van der Waals surface area contributed by atoms with Crippen LogP contribution in [0.15, 0.2) is 97.1 Å². The van der Waals surface area contributed by atoms with Gasteiger partial charge < -0.3 is 8.80 Å². The highest BCUT2D eigenvalue weighted by Gasteiger charge is 2.60. The van der Waals surface area contributed by atoms with Crippen molar-refractivity contribution in [3.8, 4) is 22.3 Å². The molecule has 10 aliphatic rings. The maximum atomic E-state index is 2.90. The predicted molar refractivity (Wildman–Crippen MR) is 346 cm³/mol. The summed E-state index contributed by atoms with van der Waals surface area (Å²) in [6.07, 6.45) is 22.7. The fourth-order valence-electron chi connectivity index (χ4n) is 23.0. The van der Waals surface area contributed by atoms with E-state index >= 15 is 0 Å². The number of rotatable bonds is 2. The molecular formula is C80H84N2. The van der Waals surface area contributed by atoms with Gasteiger partial charge in [-0.1, -0.05) is 154 Å². The summed E-state index contributed by atoms with van der Waals surface area (Å²) in [6, 6.07) is 40.0. The Kier molecular flexibility index (Phi) is 9.77. The fraction of sp³-hybridized carbons (Fsp3) is 0.475. The maximum absolute atomic E-state index is 2.90. The van der Waals surface area contributed by atoms with Crippen LogP contribution >= 0.6 is 0 Å². The minimum Gasteiger partial charge on any atom is -0.308 e. The van der Waals surface area contributed by atoms with E-state index in [4.69, 9.17) is 0 Å². The van der Waals surface area contributed by atoms with E-state index in [1.165, 1.54) is 202 Å². The van der Waals surface area contributed by atoms with Crippen LogP contribution in [-0.4, -0.2) is 8.80 Å². The van der Waals surface area contributed by atoms with Crippen molar-refractivity contribution < 1.29 is 0 Å². The molecule has 6 fully saturated rings. The third-order valence-electron chi connectivity index (χ3n) is 25.8. The summed E-state index contributed by atoms with van der Waals surface area (Å²) in [5.41, 5.74) is 27.8. The Bertz CT molecular complexity index is 4190. The van der Waals surface area contributed by atoms with Gasteiger partial charge in [0, 0.05) is 43.1 Å². The van der Waals surface area contributed by atoms with Gasteiger partial charge >= 0.3 is 0 Å². The predicted octanol–water partition coefficient (Wildman–Crippen LogP) is 22.1. The van der Waals surface area contributed by atoms with Crippen LogP contribution in [0.1, 0.15) is 212 Å². The molecular weight excluding hydrogens is 989 g/mol. The second-order valence-corrected chi connectivity index (χ2v) is 31.3. The molecule has 4 bridgehead atoms. The summed E-state index contributed by atoms with van der Waals surface area (Å²) in [4.78, 5) is 0. The molecule has 2 nitrogen and oxygen atoms in total. The number of fused-ring (bicyclic) bond motifs is 12. The summed E-state index contributed by atoms with van der Waals surface area (Å²) in [6.45, 7) is 20.0. The number of hydrogen-bond acceptors (Lipinski definition) is 0. The molecule has 4 heterocycles. The molecule has 11 aromatic rings. The molecule has 21 rings (SSSR count). The topological polar surface area (TPSA) is 8.82 Å². The van der Waals surface area contributed by atoms with Crippen LogP contribution in [0.3, 0.4) is 0 Å². The van der Waals surface area contributed by atoms with Gasteiger partial charge in [0.25, 0.3) is 0 Å². The summed E-state index contributed by atoms with van der Waals surface area (Å²) < 4.78 is 5.79. The van der Waals surface area contributed by atoms with Crippen molar-refractivity contribution >= 4 is 76.2 Å². The first kappa shape index (κ1) is 48.5. The highest BCUT2D eigenvalue weighted by molar-refractivity contribution is 6.32. The van der Waals surface area contributed by atoms with E-state index in [0.717, 1.165) is 47.3 Å². The lowest BCUT2D eigenvalue weighted by Crippen LogP contribution is -2.51. The number of aromatic nitrogens is 2. The Morgan fingerprint density at radius 2 is 0.610 bits per heavy atom. The van der Waals surface area contributed by atoms with Crippen molar-refractivity contribution in [3.63, 3.8) is 0 Å². The zero-order valence-electron chi connectivity index (χ0n) is 50.4. The number of nitrogens with zero attached hydrogens (tertiary/aromatic N) is 2. The van der Waals surface area contributed by atoms with Crippen molar-refractivity contribution in [3.05, 3.63) is 142 Å². The van der Waals surface area contributed by atoms with Crippen LogP contribution in [0.25, 0.3) is 98.4 Å². The highest BCUT2D eigenvalue weighted by atomic mass is 14.9. The molecule has 8 atom stereocenters. The second kappa shape index (κ2) is 16.5. The molecule has 0 amide bonds. The highest BCUT2D eigenvalue weighted by Crippen LogP contribution is 2.72. The summed E-state index contributed by atoms with van der Waals surface area (Å²) in [5.74, 6) is 9.17. The first-order chi connectivity index (χ1) is 39.9. The third kappa shape index (κ3) is 5.95. The van der Waals surface area contributed by atoms with Gasteiger partial charge in [0.05, 0.1) is 33.1 Å². The SMILES string of the molecule is Cc1c2c3cc(C(C)(C)C)cc4c5c6c(c(-c7ccccc7)cc5n(c2c(C)c2c5cc(C(C)(C)C)cc7c8c9c(c(-c%10ccccc%10)cc8n(c12)c75)C1C2CCCCC2C9C2CCCCC21)c43)C1C2CCCCC2C6C2CCCCC21. The third-order valence-corrected chi connectivity index (χ3v) is 25.8. The Balaban J connectivity index is 0.997. The zero-order valence-corrected chi connectivity index (χ0v) is 50.4. The molecule has 2 heteroatoms. The largest absolute Gasteiger partial charge is 0.308 e. The number of benzene rings is 7. The van der Waals surface area contributed by atoms with Gasteiger partial charge in [-0.3, -0.25) is 0 Å². The standard InChI is InChI=1S/C80H84N2/c1-41-63-57-35-45(79(3,4)5)37-59-70-62(40-56(44-25-13-10-14-26-44)72-66-49-29-17-21-33-53(49)68(74(70)72)54-34-22-18-30-50(54)66)82(77(57)59)76(63)42(2)64-58-36-46(80(6,7)8)38-60-69-61(81(75(41)64)78(58)60)39-55(43-23-11-9-12-24-43)71-65-47-27-15-19-31-51(47)67(73(69)71)52-32-20-16-28-48(52)65/h9-14,23-26,35-40,47-54,65-68H,15-22,27-34H2,1-8H3. The van der Waals surface area contributed by atoms with E-state index < -0.39 is 0 Å². The van der Waals surface area contributed by atoms with Gasteiger partial charge in [0.2, 0.25) is 0 Å². The molecule has 414 valence electrons. The lowest BCUT2D eigenvalue weighted by atomic mass is 9.43. The lowest BCUT2D eigenvalue weighted by molar-refractivity contribution is -0.0127. The zero-order chi connectivity index (χ0) is 54.7. The van der Waals surface area contributed by atoms with Gasteiger partial charge in [-0.25, -0.2) is 0 Å². The van der Waals surface area contributed by atoms with Crippen LogP contribution < -0.4 is 0 Å². The van der Waals surface area contributed by atoms with Gasteiger partial charge in [-0.05, 0) is 250 Å². The molecule has 4 aromatic heterocycles. The Morgan fingerprint density at radius 3 is 0.902 bits per heavy atom. The van der Waals surface area contributed by atoms with Crippen LogP contribution in [0, 0.1) is 61.2 Å². The average Bonchev–Trinajstić information content (AvgIpc) is 1.43. The van der Waals surface area contributed by atoms with Crippen molar-refractivity contribution in [1.82, 2.24) is 8.80 Å². The summed E-state index contributed by atoms with van der Waals surface area (Å²) in [7, 11) is 0. The summed E-state index contributed by atoms with van der Waals surface area (Å²) >= 11 is 0. The molecule has 10 aliphatic carbocycles. The molecule has 0 aliphatic heterocycles. The average molecular weight is 1070 g/mol. The number of hydrogen-bond donors (Lipinski definition) is 0. The summed E-state index contributed by atoms with van der Waals surface area (Å²) in [5, 5.41) is 12.3. The van der Waals surface area contributed by atoms with E-state index in [9.17, 15) is 0 Å². The van der Waals surface area contributed by atoms with Crippen molar-refractivity contribution in [1.29, 1.82) is 0 Å². The quantitative estimate of drug-likeness (QED) is 0.163. The molecule has 0 saturated heterocycles. The smallest absolute Gasteiger partial charge is 0.0621 e. The fourth-order valence-corrected chi connectivity index (χ4v) is 23.0. The van der Waals surface area contributed by atoms with Crippen molar-refractivity contribution in [2.75, 3.05) is 0 Å². The van der Waals surface area contributed by atoms with Gasteiger partial charge in [-0.2, -0.15) is 0 Å². The Labute approximate surface area is 486 Å². The molecule has 6 saturated carbocycles. The van der Waals surface area contributed by atoms with Crippen LogP contribution in [0.4, 0.5) is 0 Å². The molecule has 0 N–H and O–H groups in total. The van der Waals surface area contributed by atoms with E-state index in [-0.39, 0.29) is 10.8 Å². The van der Waals surface area contributed by atoms with Gasteiger partial charge in [-0.15, -0.1) is 0 Å².